The summed E-state index contributed by atoms with van der Waals surface area (Å²) >= 11 is 0. The van der Waals surface area contributed by atoms with E-state index in [0.717, 1.165) is 59.5 Å². The van der Waals surface area contributed by atoms with Crippen LogP contribution in [0.3, 0.4) is 0 Å². The first kappa shape index (κ1) is 12.1. The van der Waals surface area contributed by atoms with E-state index in [-0.39, 0.29) is 5.41 Å². The topological polar surface area (TPSA) is 17.1 Å². The SMILES string of the molecule is O=C1CC2CCC3CCC([C@@H]32)C12CC1CCC3CCC2[C@H]31. The lowest BCUT2D eigenvalue weighted by Gasteiger charge is -2.48. The van der Waals surface area contributed by atoms with Gasteiger partial charge in [-0.2, -0.15) is 0 Å². The molecule has 0 aromatic rings. The van der Waals surface area contributed by atoms with Crippen LogP contribution in [0.1, 0.15) is 64.2 Å². The molecule has 0 aliphatic heterocycles. The molecular formula is C20H28O. The highest BCUT2D eigenvalue weighted by Gasteiger charge is 2.69. The van der Waals surface area contributed by atoms with Crippen molar-refractivity contribution in [2.24, 2.45) is 52.8 Å². The molecule has 0 heterocycles. The van der Waals surface area contributed by atoms with Crippen LogP contribution in [0.25, 0.3) is 0 Å². The highest BCUT2D eigenvalue weighted by molar-refractivity contribution is 5.87. The Hall–Kier alpha value is -0.330. The molecule has 0 amide bonds. The van der Waals surface area contributed by atoms with Gasteiger partial charge in [-0.25, -0.2) is 0 Å². The summed E-state index contributed by atoms with van der Waals surface area (Å²) in [5.74, 6) is 8.15. The molecule has 114 valence electrons. The lowest BCUT2D eigenvalue weighted by atomic mass is 9.54. The summed E-state index contributed by atoms with van der Waals surface area (Å²) in [5, 5.41) is 0. The van der Waals surface area contributed by atoms with Gasteiger partial charge in [0.05, 0.1) is 0 Å². The number of rotatable bonds is 0. The fourth-order valence-electron chi connectivity index (χ4n) is 9.20. The second kappa shape index (κ2) is 3.77. The molecule has 1 heteroatoms. The maximum absolute atomic E-state index is 13.4. The van der Waals surface area contributed by atoms with Crippen molar-refractivity contribution < 1.29 is 4.79 Å². The highest BCUT2D eigenvalue weighted by Crippen LogP contribution is 2.73. The Labute approximate surface area is 128 Å². The van der Waals surface area contributed by atoms with Crippen LogP contribution in [-0.4, -0.2) is 5.78 Å². The number of hydrogen-bond acceptors (Lipinski definition) is 1. The zero-order valence-electron chi connectivity index (χ0n) is 13.1. The predicted octanol–water partition coefficient (Wildman–Crippen LogP) is 4.45. The van der Waals surface area contributed by atoms with E-state index < -0.39 is 0 Å². The molecule has 6 fully saturated rings. The molecule has 0 aromatic carbocycles. The molecule has 6 aliphatic rings. The van der Waals surface area contributed by atoms with Gasteiger partial charge < -0.3 is 0 Å². The number of hydrogen-bond donors (Lipinski definition) is 0. The summed E-state index contributed by atoms with van der Waals surface area (Å²) in [5.41, 5.74) is 0.199. The largest absolute Gasteiger partial charge is 0.299 e. The standard InChI is InChI=1S/C20H28O/c21-17-9-13-3-1-11-5-7-15(18(11)13)20(17)10-14-4-2-12-6-8-16(20)19(12)14/h11-16,18-19H,1-10H2/t11?,12?,13?,14?,15?,16?,18-,19+,20?/m0/s1. The zero-order chi connectivity index (χ0) is 13.8. The molecule has 1 spiro atoms. The summed E-state index contributed by atoms with van der Waals surface area (Å²) < 4.78 is 0. The van der Waals surface area contributed by atoms with E-state index in [2.05, 4.69) is 0 Å². The van der Waals surface area contributed by atoms with Crippen LogP contribution in [0.5, 0.6) is 0 Å². The van der Waals surface area contributed by atoms with Crippen molar-refractivity contribution in [2.45, 2.75) is 64.2 Å². The van der Waals surface area contributed by atoms with Gasteiger partial charge in [0.15, 0.2) is 0 Å². The Morgan fingerprint density at radius 2 is 1.19 bits per heavy atom. The Kier molecular flexibility index (Phi) is 2.18. The molecule has 0 aromatic heterocycles. The lowest BCUT2D eigenvalue weighted by molar-refractivity contribution is -0.144. The summed E-state index contributed by atoms with van der Waals surface area (Å²) in [4.78, 5) is 13.4. The van der Waals surface area contributed by atoms with E-state index in [1.807, 2.05) is 0 Å². The van der Waals surface area contributed by atoms with Gasteiger partial charge in [0.1, 0.15) is 5.78 Å². The Bertz CT molecular complexity index is 510. The van der Waals surface area contributed by atoms with Crippen molar-refractivity contribution in [3.05, 3.63) is 0 Å². The third kappa shape index (κ3) is 1.23. The third-order valence-electron chi connectivity index (χ3n) is 9.51. The Morgan fingerprint density at radius 3 is 1.90 bits per heavy atom. The molecule has 0 N–H and O–H groups in total. The number of ketones is 1. The average molecular weight is 284 g/mol. The van der Waals surface area contributed by atoms with Crippen molar-refractivity contribution in [2.75, 3.05) is 0 Å². The van der Waals surface area contributed by atoms with Gasteiger partial charge in [-0.1, -0.05) is 0 Å². The molecule has 0 saturated heterocycles. The van der Waals surface area contributed by atoms with Crippen LogP contribution in [0.15, 0.2) is 0 Å². The number of carbonyl (C=O) groups excluding carboxylic acids is 1. The minimum absolute atomic E-state index is 0.199. The summed E-state index contributed by atoms with van der Waals surface area (Å²) in [6.45, 7) is 0. The van der Waals surface area contributed by atoms with Crippen LogP contribution >= 0.6 is 0 Å². The first-order valence-corrected chi connectivity index (χ1v) is 9.82. The normalized spacial score (nSPS) is 63.5. The average Bonchev–Trinajstić information content (AvgIpc) is 3.22. The van der Waals surface area contributed by atoms with Crippen LogP contribution < -0.4 is 0 Å². The van der Waals surface area contributed by atoms with Gasteiger partial charge in [0.25, 0.3) is 0 Å². The molecule has 6 aliphatic carbocycles. The molecule has 0 bridgehead atoms. The first-order chi connectivity index (χ1) is 10.3. The quantitative estimate of drug-likeness (QED) is 0.642. The van der Waals surface area contributed by atoms with Crippen molar-refractivity contribution >= 4 is 5.78 Å². The molecule has 6 saturated carbocycles. The first-order valence-electron chi connectivity index (χ1n) is 9.82. The molecule has 21 heavy (non-hydrogen) atoms. The second-order valence-electron chi connectivity index (χ2n) is 9.59. The van der Waals surface area contributed by atoms with Crippen molar-refractivity contribution in [3.63, 3.8) is 0 Å². The van der Waals surface area contributed by atoms with Crippen LogP contribution in [-0.2, 0) is 4.79 Å². The Balaban J connectivity index is 1.47. The fraction of sp³-hybridized carbons (Fsp3) is 0.950. The highest BCUT2D eigenvalue weighted by atomic mass is 16.1. The van der Waals surface area contributed by atoms with Crippen molar-refractivity contribution in [1.29, 1.82) is 0 Å². The van der Waals surface area contributed by atoms with Crippen molar-refractivity contribution in [3.8, 4) is 0 Å². The monoisotopic (exact) mass is 284 g/mol. The van der Waals surface area contributed by atoms with Gasteiger partial charge in [-0.05, 0) is 105 Å². The van der Waals surface area contributed by atoms with E-state index >= 15 is 0 Å². The van der Waals surface area contributed by atoms with Gasteiger partial charge in [0, 0.05) is 11.8 Å². The zero-order valence-corrected chi connectivity index (χ0v) is 13.1. The number of Topliss-reactive ketones (excluding diaryl/α,β-unsaturated/α-hetero) is 1. The second-order valence-corrected chi connectivity index (χ2v) is 9.59. The molecule has 6 rings (SSSR count). The minimum atomic E-state index is 0.199. The molecular weight excluding hydrogens is 256 g/mol. The van der Waals surface area contributed by atoms with Crippen LogP contribution in [0.2, 0.25) is 0 Å². The molecule has 0 radical (unpaired) electrons. The van der Waals surface area contributed by atoms with Gasteiger partial charge >= 0.3 is 0 Å². The summed E-state index contributed by atoms with van der Waals surface area (Å²) in [6, 6.07) is 0. The lowest BCUT2D eigenvalue weighted by Crippen LogP contribution is -2.50. The van der Waals surface area contributed by atoms with E-state index in [1.54, 1.807) is 0 Å². The molecule has 7 unspecified atom stereocenters. The summed E-state index contributed by atoms with van der Waals surface area (Å²) in [7, 11) is 0. The Morgan fingerprint density at radius 1 is 0.667 bits per heavy atom. The number of carbonyl (C=O) groups is 1. The van der Waals surface area contributed by atoms with E-state index in [9.17, 15) is 4.79 Å². The van der Waals surface area contributed by atoms with E-state index in [0.29, 0.717) is 0 Å². The molecule has 1 nitrogen and oxygen atoms in total. The maximum Gasteiger partial charge on any atom is 0.139 e. The summed E-state index contributed by atoms with van der Waals surface area (Å²) in [6.07, 6.45) is 13.9. The van der Waals surface area contributed by atoms with Crippen LogP contribution in [0, 0.1) is 52.8 Å². The van der Waals surface area contributed by atoms with Gasteiger partial charge in [-0.15, -0.1) is 0 Å². The van der Waals surface area contributed by atoms with E-state index in [4.69, 9.17) is 0 Å². The minimum Gasteiger partial charge on any atom is -0.299 e. The van der Waals surface area contributed by atoms with Crippen LogP contribution in [0.4, 0.5) is 0 Å². The predicted molar refractivity (Wildman–Crippen MR) is 81.5 cm³/mol. The molecule has 9 atom stereocenters. The number of fused-ring (bicyclic) bond motifs is 2. The maximum atomic E-state index is 13.4. The smallest absolute Gasteiger partial charge is 0.139 e. The van der Waals surface area contributed by atoms with Gasteiger partial charge in [0.2, 0.25) is 0 Å². The third-order valence-corrected chi connectivity index (χ3v) is 9.51. The fourth-order valence-corrected chi connectivity index (χ4v) is 9.20. The van der Waals surface area contributed by atoms with Crippen molar-refractivity contribution in [1.82, 2.24) is 0 Å². The van der Waals surface area contributed by atoms with Gasteiger partial charge in [-0.3, -0.25) is 4.79 Å². The van der Waals surface area contributed by atoms with E-state index in [1.165, 1.54) is 57.8 Å².